The minimum absolute atomic E-state index is 0.386. The molecular weight excluding hydrogens is 246 g/mol. The van der Waals surface area contributed by atoms with Crippen molar-refractivity contribution in [3.63, 3.8) is 0 Å². The summed E-state index contributed by atoms with van der Waals surface area (Å²) in [7, 11) is 0. The van der Waals surface area contributed by atoms with Crippen molar-refractivity contribution in [3.8, 4) is 0 Å². The molecule has 4 heteroatoms. The highest BCUT2D eigenvalue weighted by atomic mass is 35.5. The van der Waals surface area contributed by atoms with E-state index in [1.54, 1.807) is 0 Å². The average molecular weight is 258 g/mol. The van der Waals surface area contributed by atoms with Crippen molar-refractivity contribution >= 4 is 11.6 Å². The SMILES string of the molecule is Cc1ccc(Cl)c(C(N=[N+]=[N-])c2ccccc2)c1. The van der Waals surface area contributed by atoms with Gasteiger partial charge in [0.15, 0.2) is 0 Å². The van der Waals surface area contributed by atoms with Crippen LogP contribution in [0.4, 0.5) is 0 Å². The van der Waals surface area contributed by atoms with E-state index >= 15 is 0 Å². The molecule has 0 saturated carbocycles. The van der Waals surface area contributed by atoms with Crippen molar-refractivity contribution in [1.29, 1.82) is 0 Å². The number of hydrogen-bond acceptors (Lipinski definition) is 1. The first kappa shape index (κ1) is 12.5. The summed E-state index contributed by atoms with van der Waals surface area (Å²) in [5.74, 6) is 0. The van der Waals surface area contributed by atoms with E-state index < -0.39 is 0 Å². The maximum Gasteiger partial charge on any atom is 0.0890 e. The molecule has 90 valence electrons. The lowest BCUT2D eigenvalue weighted by molar-refractivity contribution is 0.858. The summed E-state index contributed by atoms with van der Waals surface area (Å²) in [4.78, 5) is 2.93. The van der Waals surface area contributed by atoms with Crippen molar-refractivity contribution in [2.45, 2.75) is 13.0 Å². The number of nitrogens with zero attached hydrogens (tertiary/aromatic N) is 3. The van der Waals surface area contributed by atoms with Crippen LogP contribution in [0, 0.1) is 6.92 Å². The summed E-state index contributed by atoms with van der Waals surface area (Å²) in [5, 5.41) is 4.48. The highest BCUT2D eigenvalue weighted by Gasteiger charge is 2.15. The lowest BCUT2D eigenvalue weighted by Crippen LogP contribution is -1.98. The fraction of sp³-hybridized carbons (Fsp3) is 0.143. The molecule has 0 spiro atoms. The molecule has 18 heavy (non-hydrogen) atoms. The fourth-order valence-electron chi connectivity index (χ4n) is 1.87. The Labute approximate surface area is 111 Å². The second-order valence-electron chi connectivity index (χ2n) is 4.04. The highest BCUT2D eigenvalue weighted by Crippen LogP contribution is 2.32. The van der Waals surface area contributed by atoms with E-state index in [1.807, 2.05) is 55.5 Å². The molecule has 2 aromatic rings. The van der Waals surface area contributed by atoms with Crippen LogP contribution < -0.4 is 0 Å². The Morgan fingerprint density at radius 1 is 1.17 bits per heavy atom. The standard InChI is InChI=1S/C14H12ClN3/c1-10-7-8-13(15)12(9-10)14(17-18-16)11-5-3-2-4-6-11/h2-9,14H,1H3. The molecule has 1 unspecified atom stereocenters. The zero-order valence-corrected chi connectivity index (χ0v) is 10.7. The molecule has 3 nitrogen and oxygen atoms in total. The molecule has 2 aromatic carbocycles. The number of rotatable bonds is 3. The van der Waals surface area contributed by atoms with Crippen LogP contribution in [0.25, 0.3) is 10.4 Å². The van der Waals surface area contributed by atoms with Gasteiger partial charge in [-0.15, -0.1) is 0 Å². The van der Waals surface area contributed by atoms with Gasteiger partial charge in [0.05, 0.1) is 6.04 Å². The van der Waals surface area contributed by atoms with E-state index in [0.717, 1.165) is 16.7 Å². The van der Waals surface area contributed by atoms with Gasteiger partial charge in [-0.1, -0.05) is 64.7 Å². The maximum absolute atomic E-state index is 8.73. The molecule has 0 saturated heterocycles. The van der Waals surface area contributed by atoms with Crippen LogP contribution in [0.5, 0.6) is 0 Å². The van der Waals surface area contributed by atoms with Gasteiger partial charge in [-0.2, -0.15) is 0 Å². The zero-order valence-electron chi connectivity index (χ0n) is 9.92. The zero-order chi connectivity index (χ0) is 13.0. The van der Waals surface area contributed by atoms with E-state index in [0.29, 0.717) is 5.02 Å². The van der Waals surface area contributed by atoms with Crippen molar-refractivity contribution < 1.29 is 0 Å². The molecule has 0 aliphatic rings. The quantitative estimate of drug-likeness (QED) is 0.420. The number of benzene rings is 2. The van der Waals surface area contributed by atoms with Gasteiger partial charge in [0.2, 0.25) is 0 Å². The molecule has 0 heterocycles. The molecule has 0 N–H and O–H groups in total. The Balaban J connectivity index is 2.55. The second kappa shape index (κ2) is 5.58. The maximum atomic E-state index is 8.73. The second-order valence-corrected chi connectivity index (χ2v) is 4.45. The number of hydrogen-bond donors (Lipinski definition) is 0. The molecule has 2 rings (SSSR count). The molecule has 0 amide bonds. The average Bonchev–Trinajstić information content (AvgIpc) is 2.40. The smallest absolute Gasteiger partial charge is 0.0840 e. The molecular formula is C14H12ClN3. The Bertz CT molecular complexity index is 589. The van der Waals surface area contributed by atoms with E-state index in [-0.39, 0.29) is 6.04 Å². The van der Waals surface area contributed by atoms with Crippen molar-refractivity contribution in [2.24, 2.45) is 5.11 Å². The Morgan fingerprint density at radius 3 is 2.56 bits per heavy atom. The third kappa shape index (κ3) is 2.65. The van der Waals surface area contributed by atoms with Crippen LogP contribution >= 0.6 is 11.6 Å². The minimum Gasteiger partial charge on any atom is -0.0840 e. The predicted octanol–water partition coefficient (Wildman–Crippen LogP) is 5.05. The van der Waals surface area contributed by atoms with Crippen LogP contribution in [0.15, 0.2) is 53.6 Å². The number of halogens is 1. The van der Waals surface area contributed by atoms with Crippen LogP contribution in [0.2, 0.25) is 5.02 Å². The highest BCUT2D eigenvalue weighted by molar-refractivity contribution is 6.31. The van der Waals surface area contributed by atoms with Crippen molar-refractivity contribution in [2.75, 3.05) is 0 Å². The first-order valence-electron chi connectivity index (χ1n) is 5.57. The first-order valence-corrected chi connectivity index (χ1v) is 5.95. The van der Waals surface area contributed by atoms with Gasteiger partial charge in [-0.3, -0.25) is 0 Å². The largest absolute Gasteiger partial charge is 0.0890 e. The monoisotopic (exact) mass is 257 g/mol. The van der Waals surface area contributed by atoms with Crippen LogP contribution in [0.1, 0.15) is 22.7 Å². The normalized spacial score (nSPS) is 11.7. The van der Waals surface area contributed by atoms with Gasteiger partial charge in [-0.05, 0) is 29.6 Å². The Kier molecular flexibility index (Phi) is 3.88. The molecule has 0 aromatic heterocycles. The summed E-state index contributed by atoms with van der Waals surface area (Å²) in [5.41, 5.74) is 11.6. The molecule has 0 fully saturated rings. The van der Waals surface area contributed by atoms with Crippen molar-refractivity contribution in [3.05, 3.63) is 80.7 Å². The van der Waals surface area contributed by atoms with Crippen LogP contribution in [-0.2, 0) is 0 Å². The summed E-state index contributed by atoms with van der Waals surface area (Å²) >= 11 is 6.19. The predicted molar refractivity (Wildman–Crippen MR) is 73.6 cm³/mol. The fourth-order valence-corrected chi connectivity index (χ4v) is 2.09. The van der Waals surface area contributed by atoms with Gasteiger partial charge < -0.3 is 0 Å². The molecule has 0 radical (unpaired) electrons. The summed E-state index contributed by atoms with van der Waals surface area (Å²) in [6, 6.07) is 14.9. The van der Waals surface area contributed by atoms with Gasteiger partial charge >= 0.3 is 0 Å². The van der Waals surface area contributed by atoms with Gasteiger partial charge in [0.1, 0.15) is 0 Å². The molecule has 0 aliphatic carbocycles. The van der Waals surface area contributed by atoms with Crippen LogP contribution in [-0.4, -0.2) is 0 Å². The summed E-state index contributed by atoms with van der Waals surface area (Å²) < 4.78 is 0. The lowest BCUT2D eigenvalue weighted by atomic mass is 9.98. The van der Waals surface area contributed by atoms with E-state index in [9.17, 15) is 0 Å². The number of azide groups is 1. The van der Waals surface area contributed by atoms with Crippen molar-refractivity contribution in [1.82, 2.24) is 0 Å². The first-order chi connectivity index (χ1) is 8.72. The summed E-state index contributed by atoms with van der Waals surface area (Å²) in [6.07, 6.45) is 0. The summed E-state index contributed by atoms with van der Waals surface area (Å²) in [6.45, 7) is 1.98. The molecule has 1 atom stereocenters. The van der Waals surface area contributed by atoms with E-state index in [2.05, 4.69) is 10.0 Å². The molecule has 0 bridgehead atoms. The van der Waals surface area contributed by atoms with E-state index in [4.69, 9.17) is 17.1 Å². The third-order valence-corrected chi connectivity index (χ3v) is 3.07. The topological polar surface area (TPSA) is 48.8 Å². The van der Waals surface area contributed by atoms with E-state index in [1.165, 1.54) is 0 Å². The Hall–Kier alpha value is -1.96. The minimum atomic E-state index is -0.386. The Morgan fingerprint density at radius 2 is 1.89 bits per heavy atom. The van der Waals surface area contributed by atoms with Crippen LogP contribution in [0.3, 0.4) is 0 Å². The lowest BCUT2D eigenvalue weighted by Gasteiger charge is -2.14. The van der Waals surface area contributed by atoms with Gasteiger partial charge in [0, 0.05) is 9.93 Å². The molecule has 0 aliphatic heterocycles. The number of aryl methyl sites for hydroxylation is 1. The van der Waals surface area contributed by atoms with Gasteiger partial charge in [0.25, 0.3) is 0 Å². The third-order valence-electron chi connectivity index (χ3n) is 2.73. The van der Waals surface area contributed by atoms with Gasteiger partial charge in [-0.25, -0.2) is 0 Å².